The molecule has 0 spiro atoms. The van der Waals surface area contributed by atoms with Crippen molar-refractivity contribution < 1.29 is 29.4 Å². The lowest BCUT2D eigenvalue weighted by atomic mass is 9.85. The minimum atomic E-state index is -1.36. The molecule has 2 aromatic rings. The normalized spacial score (nSPS) is 13.7. The fourth-order valence-electron chi connectivity index (χ4n) is 2.93. The zero-order chi connectivity index (χ0) is 20.1. The van der Waals surface area contributed by atoms with E-state index in [1.54, 1.807) is 18.2 Å². The summed E-state index contributed by atoms with van der Waals surface area (Å²) in [6.45, 7) is 5.93. The van der Waals surface area contributed by atoms with Crippen molar-refractivity contribution in [2.45, 2.75) is 26.2 Å². The highest BCUT2D eigenvalue weighted by molar-refractivity contribution is 6.34. The van der Waals surface area contributed by atoms with E-state index in [0.29, 0.717) is 0 Å². The van der Waals surface area contributed by atoms with Gasteiger partial charge in [-0.25, -0.2) is 14.5 Å². The van der Waals surface area contributed by atoms with E-state index in [-0.39, 0.29) is 33.4 Å². The van der Waals surface area contributed by atoms with Crippen molar-refractivity contribution in [1.29, 1.82) is 0 Å². The highest BCUT2D eigenvalue weighted by Crippen LogP contribution is 2.33. The minimum absolute atomic E-state index is 0.0872. The van der Waals surface area contributed by atoms with Crippen molar-refractivity contribution in [3.63, 3.8) is 0 Å². The van der Waals surface area contributed by atoms with E-state index < -0.39 is 23.8 Å². The van der Waals surface area contributed by atoms with Gasteiger partial charge in [0.25, 0.3) is 11.8 Å². The van der Waals surface area contributed by atoms with Gasteiger partial charge in [0.15, 0.2) is 0 Å². The number of hydrogen-bond donors (Lipinski definition) is 2. The first kappa shape index (κ1) is 18.3. The Hall–Kier alpha value is -3.48. The van der Waals surface area contributed by atoms with Gasteiger partial charge in [-0.3, -0.25) is 9.59 Å². The predicted octanol–water partition coefficient (Wildman–Crippen LogP) is 3.18. The van der Waals surface area contributed by atoms with Gasteiger partial charge in [0.05, 0.1) is 27.9 Å². The molecule has 0 saturated heterocycles. The van der Waals surface area contributed by atoms with Crippen LogP contribution in [0.4, 0.5) is 5.69 Å². The summed E-state index contributed by atoms with van der Waals surface area (Å²) in [5.41, 5.74) is 0.320. The number of carbonyl (C=O) groups is 4. The number of carboxylic acid groups (broad SMARTS) is 2. The van der Waals surface area contributed by atoms with Gasteiger partial charge >= 0.3 is 11.9 Å². The first-order chi connectivity index (χ1) is 12.5. The molecule has 7 nitrogen and oxygen atoms in total. The lowest BCUT2D eigenvalue weighted by Gasteiger charge is -2.19. The van der Waals surface area contributed by atoms with Crippen molar-refractivity contribution in [1.82, 2.24) is 0 Å². The molecule has 0 atom stereocenters. The van der Waals surface area contributed by atoms with Crippen molar-refractivity contribution in [3.8, 4) is 0 Å². The van der Waals surface area contributed by atoms with Gasteiger partial charge in [-0.1, -0.05) is 26.8 Å². The maximum absolute atomic E-state index is 12.9. The number of carboxylic acids is 2. The Kier molecular flexibility index (Phi) is 4.10. The molecule has 3 rings (SSSR count). The number of imide groups is 1. The summed E-state index contributed by atoms with van der Waals surface area (Å²) in [4.78, 5) is 49.0. The third-order valence-corrected chi connectivity index (χ3v) is 4.42. The van der Waals surface area contributed by atoms with E-state index in [1.807, 2.05) is 20.8 Å². The number of hydrogen-bond acceptors (Lipinski definition) is 4. The van der Waals surface area contributed by atoms with E-state index >= 15 is 0 Å². The average molecular weight is 367 g/mol. The molecule has 1 heterocycles. The second kappa shape index (κ2) is 6.05. The molecule has 7 heteroatoms. The van der Waals surface area contributed by atoms with Crippen molar-refractivity contribution in [2.24, 2.45) is 0 Å². The molecule has 1 aliphatic heterocycles. The van der Waals surface area contributed by atoms with Crippen LogP contribution < -0.4 is 4.90 Å². The fourth-order valence-corrected chi connectivity index (χ4v) is 2.93. The number of aromatic carboxylic acids is 2. The monoisotopic (exact) mass is 367 g/mol. The quantitative estimate of drug-likeness (QED) is 0.806. The third kappa shape index (κ3) is 3.08. The highest BCUT2D eigenvalue weighted by Gasteiger charge is 2.38. The summed E-state index contributed by atoms with van der Waals surface area (Å²) in [6.07, 6.45) is 0. The Bertz CT molecular complexity index is 983. The highest BCUT2D eigenvalue weighted by atomic mass is 16.4. The Morgan fingerprint density at radius 1 is 0.815 bits per heavy atom. The first-order valence-corrected chi connectivity index (χ1v) is 8.15. The van der Waals surface area contributed by atoms with Crippen LogP contribution in [0.3, 0.4) is 0 Å². The zero-order valence-corrected chi connectivity index (χ0v) is 14.9. The van der Waals surface area contributed by atoms with E-state index in [1.165, 1.54) is 0 Å². The molecule has 0 fully saturated rings. The lowest BCUT2D eigenvalue weighted by Crippen LogP contribution is -2.29. The molecule has 1 aliphatic rings. The summed E-state index contributed by atoms with van der Waals surface area (Å²) in [7, 11) is 0. The molecule has 2 N–H and O–H groups in total. The van der Waals surface area contributed by atoms with Crippen molar-refractivity contribution in [2.75, 3.05) is 4.90 Å². The second-order valence-corrected chi connectivity index (χ2v) is 7.33. The van der Waals surface area contributed by atoms with Crippen molar-refractivity contribution in [3.05, 3.63) is 64.2 Å². The second-order valence-electron chi connectivity index (χ2n) is 7.33. The fraction of sp³-hybridized carbons (Fsp3) is 0.200. The number of anilines is 1. The smallest absolute Gasteiger partial charge is 0.335 e. The molecule has 0 bridgehead atoms. The van der Waals surface area contributed by atoms with E-state index in [9.17, 15) is 29.4 Å². The van der Waals surface area contributed by atoms with Crippen LogP contribution >= 0.6 is 0 Å². The topological polar surface area (TPSA) is 112 Å². The van der Waals surface area contributed by atoms with Crippen LogP contribution in [0.2, 0.25) is 0 Å². The molecular formula is C20H17NO6. The van der Waals surface area contributed by atoms with Crippen molar-refractivity contribution >= 4 is 29.4 Å². The van der Waals surface area contributed by atoms with Gasteiger partial charge < -0.3 is 10.2 Å². The van der Waals surface area contributed by atoms with Crippen LogP contribution in [-0.4, -0.2) is 34.0 Å². The maximum Gasteiger partial charge on any atom is 0.335 e. The molecule has 0 radical (unpaired) electrons. The largest absolute Gasteiger partial charge is 0.478 e. The molecule has 0 unspecified atom stereocenters. The standard InChI is InChI=1S/C20H17NO6/c1-20(2,3)12-4-5-14-15(9-12)17(23)21(16(14)22)13-7-10(18(24)25)6-11(8-13)19(26)27/h4-9H,1-3H3,(H,24,25)(H,26,27). The van der Waals surface area contributed by atoms with Crippen LogP contribution in [0.1, 0.15) is 67.8 Å². The minimum Gasteiger partial charge on any atom is -0.478 e. The maximum atomic E-state index is 12.9. The summed E-state index contributed by atoms with van der Waals surface area (Å²) in [6, 6.07) is 8.18. The summed E-state index contributed by atoms with van der Waals surface area (Å²) in [5.74, 6) is -3.94. The van der Waals surface area contributed by atoms with E-state index in [0.717, 1.165) is 28.7 Å². The van der Waals surface area contributed by atoms with Crippen LogP contribution in [0, 0.1) is 0 Å². The van der Waals surface area contributed by atoms with Gasteiger partial charge in [-0.2, -0.15) is 0 Å². The Balaban J connectivity index is 2.14. The summed E-state index contributed by atoms with van der Waals surface area (Å²) >= 11 is 0. The van der Waals surface area contributed by atoms with Crippen LogP contribution in [0.15, 0.2) is 36.4 Å². The van der Waals surface area contributed by atoms with Gasteiger partial charge in [-0.05, 0) is 41.3 Å². The summed E-state index contributed by atoms with van der Waals surface area (Å²) in [5, 5.41) is 18.4. The molecule has 0 aliphatic carbocycles. The molecule has 2 aromatic carbocycles. The lowest BCUT2D eigenvalue weighted by molar-refractivity contribution is 0.0695. The molecule has 27 heavy (non-hydrogen) atoms. The Labute approximate surface area is 154 Å². The molecule has 2 amide bonds. The number of amides is 2. The number of nitrogens with zero attached hydrogens (tertiary/aromatic N) is 1. The van der Waals surface area contributed by atoms with Gasteiger partial charge in [0, 0.05) is 0 Å². The van der Waals surface area contributed by atoms with Crippen LogP contribution in [0.25, 0.3) is 0 Å². The number of rotatable bonds is 3. The molecule has 0 saturated carbocycles. The Morgan fingerprint density at radius 3 is 1.81 bits per heavy atom. The SMILES string of the molecule is CC(C)(C)c1ccc2c(c1)C(=O)N(c1cc(C(=O)O)cc(C(=O)O)c1)C2=O. The molecule has 138 valence electrons. The number of fused-ring (bicyclic) bond motifs is 1. The molecular weight excluding hydrogens is 350 g/mol. The van der Waals surface area contributed by atoms with E-state index in [4.69, 9.17) is 0 Å². The van der Waals surface area contributed by atoms with Crippen LogP contribution in [-0.2, 0) is 5.41 Å². The first-order valence-electron chi connectivity index (χ1n) is 8.15. The van der Waals surface area contributed by atoms with Gasteiger partial charge in [-0.15, -0.1) is 0 Å². The van der Waals surface area contributed by atoms with Gasteiger partial charge in [0.2, 0.25) is 0 Å². The number of carbonyl (C=O) groups excluding carboxylic acids is 2. The van der Waals surface area contributed by atoms with E-state index in [2.05, 4.69) is 0 Å². The molecule has 0 aromatic heterocycles. The Morgan fingerprint density at radius 2 is 1.33 bits per heavy atom. The third-order valence-electron chi connectivity index (χ3n) is 4.42. The summed E-state index contributed by atoms with van der Waals surface area (Å²) < 4.78 is 0. The predicted molar refractivity (Wildman–Crippen MR) is 96.6 cm³/mol. The number of benzene rings is 2. The zero-order valence-electron chi connectivity index (χ0n) is 14.9. The average Bonchev–Trinajstić information content (AvgIpc) is 2.84. The van der Waals surface area contributed by atoms with Gasteiger partial charge in [0.1, 0.15) is 0 Å². The van der Waals surface area contributed by atoms with Crippen LogP contribution in [0.5, 0.6) is 0 Å².